The molecule has 9 nitrogen and oxygen atoms in total. The third-order valence-corrected chi connectivity index (χ3v) is 5.44. The average molecular weight is 467 g/mol. The molecule has 180 valence electrons. The predicted molar refractivity (Wildman–Crippen MR) is 126 cm³/mol. The Balaban J connectivity index is 2.04. The second-order valence-corrected chi connectivity index (χ2v) is 9.17. The van der Waals surface area contributed by atoms with E-state index in [9.17, 15) is 14.7 Å². The van der Waals surface area contributed by atoms with Crippen molar-refractivity contribution < 1.29 is 24.2 Å². The first-order valence-electron chi connectivity index (χ1n) is 11.2. The van der Waals surface area contributed by atoms with Crippen LogP contribution in [0.2, 0.25) is 0 Å². The van der Waals surface area contributed by atoms with Crippen LogP contribution in [0.3, 0.4) is 0 Å². The number of amides is 1. The molecule has 0 spiro atoms. The molecule has 0 aromatic heterocycles. The number of nitrogens with zero attached hydrogens (tertiary/aromatic N) is 4. The van der Waals surface area contributed by atoms with Gasteiger partial charge in [-0.2, -0.15) is 0 Å². The van der Waals surface area contributed by atoms with Gasteiger partial charge in [-0.05, 0) is 50.3 Å². The van der Waals surface area contributed by atoms with Gasteiger partial charge in [0.2, 0.25) is 0 Å². The standard InChI is InChI=1S/C25H30N4O5/c1-25(2,3)34-24(32)29-20(15-14-19(30)16-27-28-26)23(31)33-22(18-12-8-5-9-13-18)21(29)17-10-6-4-7-11-17/h4-13,19-22,30H,14-16H2,1-3H3/t19-,20-,21-,22+/m0/s1. The molecule has 0 bridgehead atoms. The number of carbonyl (C=O) groups excluding carboxylic acids is 2. The molecule has 34 heavy (non-hydrogen) atoms. The van der Waals surface area contributed by atoms with Crippen molar-refractivity contribution in [3.63, 3.8) is 0 Å². The van der Waals surface area contributed by atoms with Gasteiger partial charge in [-0.3, -0.25) is 4.90 Å². The maximum Gasteiger partial charge on any atom is 0.411 e. The number of rotatable bonds is 7. The molecule has 2 aromatic rings. The second-order valence-electron chi connectivity index (χ2n) is 9.17. The van der Waals surface area contributed by atoms with Crippen molar-refractivity contribution in [3.05, 3.63) is 82.2 Å². The summed E-state index contributed by atoms with van der Waals surface area (Å²) in [7, 11) is 0. The number of aliphatic hydroxyl groups excluding tert-OH is 1. The van der Waals surface area contributed by atoms with Crippen molar-refractivity contribution in [2.75, 3.05) is 6.54 Å². The molecule has 3 rings (SSSR count). The van der Waals surface area contributed by atoms with E-state index in [0.717, 1.165) is 11.1 Å². The van der Waals surface area contributed by atoms with E-state index >= 15 is 0 Å². The minimum atomic E-state index is -0.985. The number of hydrogen-bond donors (Lipinski definition) is 1. The molecule has 4 atom stereocenters. The molecule has 1 amide bonds. The van der Waals surface area contributed by atoms with E-state index in [1.54, 1.807) is 20.8 Å². The van der Waals surface area contributed by atoms with Crippen LogP contribution in [0.15, 0.2) is 65.8 Å². The van der Waals surface area contributed by atoms with Crippen molar-refractivity contribution in [1.82, 2.24) is 4.90 Å². The molecule has 0 radical (unpaired) electrons. The van der Waals surface area contributed by atoms with Crippen molar-refractivity contribution in [3.8, 4) is 0 Å². The highest BCUT2D eigenvalue weighted by molar-refractivity contribution is 5.83. The number of esters is 1. The zero-order valence-corrected chi connectivity index (χ0v) is 19.6. The molecule has 1 aliphatic rings. The number of benzene rings is 2. The summed E-state index contributed by atoms with van der Waals surface area (Å²) in [5, 5.41) is 13.6. The first-order chi connectivity index (χ1) is 16.2. The first-order valence-corrected chi connectivity index (χ1v) is 11.2. The fourth-order valence-electron chi connectivity index (χ4n) is 3.98. The summed E-state index contributed by atoms with van der Waals surface area (Å²) in [4.78, 5) is 30.8. The molecule has 1 aliphatic heterocycles. The Kier molecular flexibility index (Phi) is 8.15. The Labute approximate surface area is 198 Å². The zero-order valence-electron chi connectivity index (χ0n) is 19.6. The third kappa shape index (κ3) is 6.27. The molecular weight excluding hydrogens is 436 g/mol. The van der Waals surface area contributed by atoms with Crippen LogP contribution in [0.4, 0.5) is 4.79 Å². The van der Waals surface area contributed by atoms with Gasteiger partial charge in [0.25, 0.3) is 0 Å². The second kappa shape index (κ2) is 11.0. The van der Waals surface area contributed by atoms with E-state index in [2.05, 4.69) is 10.0 Å². The fourth-order valence-corrected chi connectivity index (χ4v) is 3.98. The van der Waals surface area contributed by atoms with Crippen LogP contribution in [0, 0.1) is 0 Å². The number of aliphatic hydroxyl groups is 1. The number of morpholine rings is 1. The molecular formula is C25H30N4O5. The van der Waals surface area contributed by atoms with E-state index in [1.165, 1.54) is 4.90 Å². The summed E-state index contributed by atoms with van der Waals surface area (Å²) < 4.78 is 11.6. The maximum atomic E-state index is 13.5. The van der Waals surface area contributed by atoms with Gasteiger partial charge in [0.1, 0.15) is 17.7 Å². The van der Waals surface area contributed by atoms with Crippen LogP contribution in [-0.4, -0.2) is 46.4 Å². The van der Waals surface area contributed by atoms with E-state index in [0.29, 0.717) is 0 Å². The fraction of sp³-hybridized carbons (Fsp3) is 0.440. The molecule has 1 fully saturated rings. The average Bonchev–Trinajstić information content (AvgIpc) is 2.81. The summed E-state index contributed by atoms with van der Waals surface area (Å²) in [5.74, 6) is -0.581. The Morgan fingerprint density at radius 3 is 2.29 bits per heavy atom. The van der Waals surface area contributed by atoms with Crippen LogP contribution in [0.1, 0.15) is 56.9 Å². The Morgan fingerprint density at radius 1 is 1.15 bits per heavy atom. The molecule has 1 saturated heterocycles. The topological polar surface area (TPSA) is 125 Å². The molecule has 0 unspecified atom stereocenters. The quantitative estimate of drug-likeness (QED) is 0.263. The van der Waals surface area contributed by atoms with Gasteiger partial charge in [0.05, 0.1) is 12.6 Å². The summed E-state index contributed by atoms with van der Waals surface area (Å²) in [5.41, 5.74) is 9.25. The highest BCUT2D eigenvalue weighted by Gasteiger charge is 2.48. The summed E-state index contributed by atoms with van der Waals surface area (Å²) in [6.07, 6.45) is -2.09. The number of azide groups is 1. The molecule has 1 heterocycles. The van der Waals surface area contributed by atoms with Gasteiger partial charge in [0, 0.05) is 4.91 Å². The monoisotopic (exact) mass is 466 g/mol. The van der Waals surface area contributed by atoms with Gasteiger partial charge in [0.15, 0.2) is 6.10 Å². The Hall–Kier alpha value is -3.55. The first kappa shape index (κ1) is 25.1. The largest absolute Gasteiger partial charge is 0.453 e. The maximum absolute atomic E-state index is 13.5. The highest BCUT2D eigenvalue weighted by atomic mass is 16.6. The SMILES string of the molecule is CC(C)(C)OC(=O)N1[C@@H](CC[C@H](O)CN=[N+]=[N-])C(=O)O[C@H](c2ccccc2)[C@@H]1c1ccccc1. The van der Waals surface area contributed by atoms with Crippen molar-refractivity contribution >= 4 is 12.1 Å². The van der Waals surface area contributed by atoms with Crippen molar-refractivity contribution in [2.45, 2.75) is 63.5 Å². The van der Waals surface area contributed by atoms with Crippen LogP contribution in [0.25, 0.3) is 10.4 Å². The lowest BCUT2D eigenvalue weighted by molar-refractivity contribution is -0.175. The summed E-state index contributed by atoms with van der Waals surface area (Å²) in [6, 6.07) is 17.0. The number of cyclic esters (lactones) is 1. The van der Waals surface area contributed by atoms with E-state index in [1.807, 2.05) is 60.7 Å². The normalized spacial score (nSPS) is 21.2. The van der Waals surface area contributed by atoms with Crippen LogP contribution in [0.5, 0.6) is 0 Å². The lowest BCUT2D eigenvalue weighted by Gasteiger charge is -2.45. The van der Waals surface area contributed by atoms with E-state index in [4.69, 9.17) is 15.0 Å². The van der Waals surface area contributed by atoms with Gasteiger partial charge >= 0.3 is 12.1 Å². The molecule has 0 saturated carbocycles. The van der Waals surface area contributed by atoms with Crippen LogP contribution >= 0.6 is 0 Å². The minimum absolute atomic E-state index is 0.116. The summed E-state index contributed by atoms with van der Waals surface area (Å²) in [6.45, 7) is 5.16. The summed E-state index contributed by atoms with van der Waals surface area (Å²) >= 11 is 0. The van der Waals surface area contributed by atoms with E-state index in [-0.39, 0.29) is 19.4 Å². The number of hydrogen-bond acceptors (Lipinski definition) is 6. The predicted octanol–water partition coefficient (Wildman–Crippen LogP) is 5.08. The van der Waals surface area contributed by atoms with Gasteiger partial charge in [-0.15, -0.1) is 0 Å². The zero-order chi connectivity index (χ0) is 24.7. The minimum Gasteiger partial charge on any atom is -0.453 e. The van der Waals surface area contributed by atoms with Crippen molar-refractivity contribution in [1.29, 1.82) is 0 Å². The smallest absolute Gasteiger partial charge is 0.411 e. The molecule has 9 heteroatoms. The van der Waals surface area contributed by atoms with E-state index < -0.39 is 42.0 Å². The van der Waals surface area contributed by atoms with Crippen molar-refractivity contribution in [2.24, 2.45) is 5.11 Å². The Bertz CT molecular complexity index is 1020. The highest BCUT2D eigenvalue weighted by Crippen LogP contribution is 2.43. The number of ether oxygens (including phenoxy) is 2. The van der Waals surface area contributed by atoms with Crippen LogP contribution < -0.4 is 0 Å². The van der Waals surface area contributed by atoms with Gasteiger partial charge in [-0.25, -0.2) is 9.59 Å². The van der Waals surface area contributed by atoms with Gasteiger partial charge < -0.3 is 14.6 Å². The molecule has 0 aliphatic carbocycles. The van der Waals surface area contributed by atoms with Gasteiger partial charge in [-0.1, -0.05) is 65.8 Å². The lowest BCUT2D eigenvalue weighted by atomic mass is 9.90. The Morgan fingerprint density at radius 2 is 1.74 bits per heavy atom. The molecule has 1 N–H and O–H groups in total. The third-order valence-electron chi connectivity index (χ3n) is 5.44. The molecule has 2 aromatic carbocycles. The van der Waals surface area contributed by atoms with Crippen LogP contribution in [-0.2, 0) is 14.3 Å². The number of carbonyl (C=O) groups is 2. The lowest BCUT2D eigenvalue weighted by Crippen LogP contribution is -2.55.